The Labute approximate surface area is 197 Å². The molecule has 1 fully saturated rings. The Kier molecular flexibility index (Phi) is 5.42. The second kappa shape index (κ2) is 8.41. The Morgan fingerprint density at radius 2 is 1.70 bits per heavy atom. The smallest absolute Gasteiger partial charge is 0.174 e. The molecule has 33 heavy (non-hydrogen) atoms. The Morgan fingerprint density at radius 1 is 0.939 bits per heavy atom. The minimum Gasteiger partial charge on any atom is -0.351 e. The summed E-state index contributed by atoms with van der Waals surface area (Å²) in [7, 11) is 0. The van der Waals surface area contributed by atoms with Crippen molar-refractivity contribution in [1.82, 2.24) is 19.9 Å². The van der Waals surface area contributed by atoms with Crippen molar-refractivity contribution in [1.29, 1.82) is 0 Å². The fraction of sp³-hybridized carbons (Fsp3) is 0.192. The van der Waals surface area contributed by atoms with Crippen molar-refractivity contribution in [2.24, 2.45) is 0 Å². The summed E-state index contributed by atoms with van der Waals surface area (Å²) in [6, 6.07) is 18.2. The van der Waals surface area contributed by atoms with E-state index in [4.69, 9.17) is 12.2 Å². The third-order valence-electron chi connectivity index (χ3n) is 6.19. The van der Waals surface area contributed by atoms with Gasteiger partial charge in [-0.15, -0.1) is 0 Å². The van der Waals surface area contributed by atoms with Crippen LogP contribution in [0.25, 0.3) is 5.82 Å². The highest BCUT2D eigenvalue weighted by Crippen LogP contribution is 2.43. The summed E-state index contributed by atoms with van der Waals surface area (Å²) in [6.07, 6.45) is 3.60. The molecule has 166 valence electrons. The molecule has 0 spiro atoms. The van der Waals surface area contributed by atoms with Crippen LogP contribution in [-0.2, 0) is 0 Å². The zero-order valence-electron chi connectivity index (χ0n) is 18.7. The molecule has 1 aromatic carbocycles. The molecule has 5 rings (SSSR count). The predicted octanol–water partition coefficient (Wildman–Crippen LogP) is 5.51. The average Bonchev–Trinajstić information content (AvgIpc) is 3.31. The third-order valence-corrected chi connectivity index (χ3v) is 6.50. The van der Waals surface area contributed by atoms with E-state index >= 15 is 0 Å². The summed E-state index contributed by atoms with van der Waals surface area (Å²) in [6.45, 7) is 6.26. The number of nitrogens with one attached hydrogen (secondary N) is 1. The molecule has 7 heteroatoms. The zero-order chi connectivity index (χ0) is 23.1. The van der Waals surface area contributed by atoms with E-state index in [9.17, 15) is 4.39 Å². The average molecular weight is 458 g/mol. The SMILES string of the molecule is Cc1cccnc1-n1c(C)cc([C@H]2[C@H](c3ccccn3)NC(=S)N2c2ccc(F)cc2)c1C. The lowest BCUT2D eigenvalue weighted by atomic mass is 9.96. The lowest BCUT2D eigenvalue weighted by molar-refractivity contribution is 0.565. The number of aryl methyl sites for hydroxylation is 2. The second-order valence-electron chi connectivity index (χ2n) is 8.28. The molecular weight excluding hydrogens is 433 g/mol. The van der Waals surface area contributed by atoms with Gasteiger partial charge in [0.1, 0.15) is 11.6 Å². The van der Waals surface area contributed by atoms with Gasteiger partial charge in [0, 0.05) is 29.5 Å². The van der Waals surface area contributed by atoms with Crippen LogP contribution in [-0.4, -0.2) is 19.6 Å². The monoisotopic (exact) mass is 457 g/mol. The first kappa shape index (κ1) is 21.3. The van der Waals surface area contributed by atoms with Crippen LogP contribution < -0.4 is 10.2 Å². The molecular formula is C26H24FN5S. The summed E-state index contributed by atoms with van der Waals surface area (Å²) in [4.78, 5) is 11.3. The maximum Gasteiger partial charge on any atom is 0.174 e. The van der Waals surface area contributed by atoms with Crippen LogP contribution in [0.1, 0.15) is 40.3 Å². The van der Waals surface area contributed by atoms with E-state index in [1.807, 2.05) is 30.5 Å². The van der Waals surface area contributed by atoms with E-state index < -0.39 is 0 Å². The number of rotatable bonds is 4. The van der Waals surface area contributed by atoms with Gasteiger partial charge in [0.2, 0.25) is 0 Å². The second-order valence-corrected chi connectivity index (χ2v) is 8.67. The predicted molar refractivity (Wildman–Crippen MR) is 132 cm³/mol. The normalized spacial score (nSPS) is 17.9. The maximum atomic E-state index is 13.7. The zero-order valence-corrected chi connectivity index (χ0v) is 19.5. The third kappa shape index (κ3) is 3.68. The van der Waals surface area contributed by atoms with E-state index in [-0.39, 0.29) is 17.9 Å². The number of halogens is 1. The number of benzene rings is 1. The van der Waals surface area contributed by atoms with Gasteiger partial charge in [0.25, 0.3) is 0 Å². The first-order chi connectivity index (χ1) is 16.0. The first-order valence-electron chi connectivity index (χ1n) is 10.8. The first-order valence-corrected chi connectivity index (χ1v) is 11.2. The van der Waals surface area contributed by atoms with Crippen LogP contribution in [0.2, 0.25) is 0 Å². The van der Waals surface area contributed by atoms with Crippen LogP contribution in [0, 0.1) is 26.6 Å². The number of hydrogen-bond acceptors (Lipinski definition) is 3. The number of aromatic nitrogens is 3. The highest BCUT2D eigenvalue weighted by molar-refractivity contribution is 7.80. The summed E-state index contributed by atoms with van der Waals surface area (Å²) >= 11 is 5.78. The van der Waals surface area contributed by atoms with Crippen LogP contribution >= 0.6 is 12.2 Å². The molecule has 1 N–H and O–H groups in total. The Morgan fingerprint density at radius 3 is 2.39 bits per heavy atom. The molecule has 1 aliphatic rings. The molecule has 0 amide bonds. The van der Waals surface area contributed by atoms with Crippen molar-refractivity contribution in [3.63, 3.8) is 0 Å². The van der Waals surface area contributed by atoms with Crippen LogP contribution in [0.5, 0.6) is 0 Å². The molecule has 0 bridgehead atoms. The van der Waals surface area contributed by atoms with E-state index in [2.05, 4.69) is 57.7 Å². The molecule has 3 aromatic heterocycles. The summed E-state index contributed by atoms with van der Waals surface area (Å²) in [5, 5.41) is 4.05. The molecule has 0 saturated carbocycles. The molecule has 0 radical (unpaired) electrons. The number of nitrogens with zero attached hydrogens (tertiary/aromatic N) is 4. The Hall–Kier alpha value is -3.58. The highest BCUT2D eigenvalue weighted by Gasteiger charge is 2.42. The van der Waals surface area contributed by atoms with Gasteiger partial charge in [0.15, 0.2) is 5.11 Å². The number of anilines is 1. The largest absolute Gasteiger partial charge is 0.351 e. The lowest BCUT2D eigenvalue weighted by Gasteiger charge is -2.28. The maximum absolute atomic E-state index is 13.7. The van der Waals surface area contributed by atoms with Gasteiger partial charge >= 0.3 is 0 Å². The van der Waals surface area contributed by atoms with Crippen LogP contribution in [0.15, 0.2) is 73.1 Å². The lowest BCUT2D eigenvalue weighted by Crippen LogP contribution is -2.29. The molecule has 2 atom stereocenters. The molecule has 0 aliphatic carbocycles. The minimum absolute atomic E-state index is 0.164. The molecule has 5 nitrogen and oxygen atoms in total. The van der Waals surface area contributed by atoms with Gasteiger partial charge in [-0.2, -0.15) is 0 Å². The number of pyridine rings is 2. The van der Waals surface area contributed by atoms with Crippen molar-refractivity contribution in [2.45, 2.75) is 32.9 Å². The van der Waals surface area contributed by atoms with Crippen LogP contribution in [0.3, 0.4) is 0 Å². The van der Waals surface area contributed by atoms with E-state index in [1.54, 1.807) is 18.3 Å². The van der Waals surface area contributed by atoms with Crippen molar-refractivity contribution in [2.75, 3.05) is 4.90 Å². The standard InChI is InChI=1S/C26H24FN5S/c1-16-7-6-14-29-25(16)31-17(2)15-21(18(31)3)24-23(22-8-4-5-13-28-22)30-26(33)32(24)20-11-9-19(27)10-12-20/h4-15,23-24H,1-3H3,(H,30,33)/t23-,24-/m0/s1. The fourth-order valence-corrected chi connectivity index (χ4v) is 5.02. The van der Waals surface area contributed by atoms with E-state index in [0.717, 1.165) is 39.7 Å². The van der Waals surface area contributed by atoms with Crippen molar-refractivity contribution >= 4 is 23.0 Å². The molecule has 4 aromatic rings. The highest BCUT2D eigenvalue weighted by atomic mass is 32.1. The molecule has 1 aliphatic heterocycles. The van der Waals surface area contributed by atoms with Gasteiger partial charge in [-0.25, -0.2) is 9.37 Å². The summed E-state index contributed by atoms with van der Waals surface area (Å²) < 4.78 is 15.9. The molecule has 1 saturated heterocycles. The van der Waals surface area contributed by atoms with Crippen molar-refractivity contribution in [3.8, 4) is 5.82 Å². The Bertz CT molecular complexity index is 1320. The minimum atomic E-state index is -0.279. The van der Waals surface area contributed by atoms with Crippen molar-refractivity contribution < 1.29 is 4.39 Å². The molecule has 0 unspecified atom stereocenters. The fourth-order valence-electron chi connectivity index (χ4n) is 4.68. The number of hydrogen-bond donors (Lipinski definition) is 1. The van der Waals surface area contributed by atoms with Gasteiger partial charge in [0.05, 0.1) is 17.8 Å². The van der Waals surface area contributed by atoms with Crippen molar-refractivity contribution in [3.05, 3.63) is 107 Å². The van der Waals surface area contributed by atoms with Crippen LogP contribution in [0.4, 0.5) is 10.1 Å². The van der Waals surface area contributed by atoms with E-state index in [0.29, 0.717) is 5.11 Å². The summed E-state index contributed by atoms with van der Waals surface area (Å²) in [5.41, 5.74) is 6.11. The van der Waals surface area contributed by atoms with E-state index in [1.165, 1.54) is 12.1 Å². The summed E-state index contributed by atoms with van der Waals surface area (Å²) in [5.74, 6) is 0.633. The molecule has 4 heterocycles. The van der Waals surface area contributed by atoms with Gasteiger partial charge in [-0.05, 0) is 92.6 Å². The van der Waals surface area contributed by atoms with Gasteiger partial charge < -0.3 is 14.8 Å². The van der Waals surface area contributed by atoms with Gasteiger partial charge in [-0.3, -0.25) is 4.98 Å². The topological polar surface area (TPSA) is 46.0 Å². The number of thiocarbonyl (C=S) groups is 1. The van der Waals surface area contributed by atoms with Gasteiger partial charge in [-0.1, -0.05) is 12.1 Å². The quantitative estimate of drug-likeness (QED) is 0.410. The Balaban J connectivity index is 1.69.